The fourth-order valence-electron chi connectivity index (χ4n) is 1.40. The predicted octanol–water partition coefficient (Wildman–Crippen LogP) is 2.15. The highest BCUT2D eigenvalue weighted by atomic mass is 16.5. The van der Waals surface area contributed by atoms with Crippen LogP contribution in [0.25, 0.3) is 0 Å². The van der Waals surface area contributed by atoms with E-state index in [4.69, 9.17) is 10.5 Å². The summed E-state index contributed by atoms with van der Waals surface area (Å²) >= 11 is 0. The first-order valence-electron chi connectivity index (χ1n) is 5.80. The lowest BCUT2D eigenvalue weighted by molar-refractivity contribution is 0.0827. The van der Waals surface area contributed by atoms with Crippen LogP contribution in [0.4, 0.5) is 5.69 Å². The van der Waals surface area contributed by atoms with Gasteiger partial charge in [-0.3, -0.25) is 4.79 Å². The summed E-state index contributed by atoms with van der Waals surface area (Å²) in [5.74, 6) is 0.588. The molecular formula is C13H20N2O2. The van der Waals surface area contributed by atoms with Crippen molar-refractivity contribution in [1.82, 2.24) is 4.90 Å². The number of rotatable bonds is 5. The molecule has 0 aromatic heterocycles. The minimum atomic E-state index is -0.0585. The van der Waals surface area contributed by atoms with Crippen molar-refractivity contribution in [2.75, 3.05) is 26.4 Å². The number of nitrogens with two attached hydrogens (primary N) is 1. The van der Waals surface area contributed by atoms with Gasteiger partial charge in [-0.05, 0) is 24.6 Å². The lowest BCUT2D eigenvalue weighted by atomic mass is 10.1. The van der Waals surface area contributed by atoms with E-state index < -0.39 is 0 Å². The maximum absolute atomic E-state index is 11.7. The molecule has 94 valence electrons. The van der Waals surface area contributed by atoms with Crippen LogP contribution in [-0.2, 0) is 0 Å². The van der Waals surface area contributed by atoms with Crippen LogP contribution in [0.2, 0.25) is 0 Å². The largest absolute Gasteiger partial charge is 0.491 e. The molecule has 0 spiro atoms. The summed E-state index contributed by atoms with van der Waals surface area (Å²) in [6, 6.07) is 5.14. The number of anilines is 1. The first-order chi connectivity index (χ1) is 8.06. The van der Waals surface area contributed by atoms with E-state index in [1.54, 1.807) is 32.3 Å². The molecule has 0 aliphatic heterocycles. The second kappa shape index (κ2) is 6.13. The average Bonchev–Trinajstić information content (AvgIpc) is 2.30. The summed E-state index contributed by atoms with van der Waals surface area (Å²) in [6.45, 7) is 2.76. The van der Waals surface area contributed by atoms with E-state index in [0.29, 0.717) is 23.6 Å². The van der Waals surface area contributed by atoms with Gasteiger partial charge in [-0.25, -0.2) is 0 Å². The Bertz CT molecular complexity index is 389. The van der Waals surface area contributed by atoms with Crippen molar-refractivity contribution in [2.45, 2.75) is 19.8 Å². The Morgan fingerprint density at radius 3 is 2.65 bits per heavy atom. The van der Waals surface area contributed by atoms with Gasteiger partial charge in [0, 0.05) is 19.7 Å². The molecule has 0 heterocycles. The number of ether oxygens (including phenoxy) is 1. The zero-order chi connectivity index (χ0) is 12.8. The number of amides is 1. The molecule has 0 radical (unpaired) electrons. The molecular weight excluding hydrogens is 216 g/mol. The number of carbonyl (C=O) groups excluding carboxylic acids is 1. The van der Waals surface area contributed by atoms with Gasteiger partial charge in [0.25, 0.3) is 5.91 Å². The van der Waals surface area contributed by atoms with E-state index in [9.17, 15) is 4.79 Å². The Kier molecular flexibility index (Phi) is 4.82. The van der Waals surface area contributed by atoms with Gasteiger partial charge in [0.1, 0.15) is 5.75 Å². The third kappa shape index (κ3) is 3.66. The van der Waals surface area contributed by atoms with Crippen molar-refractivity contribution in [3.8, 4) is 5.75 Å². The molecule has 2 N–H and O–H groups in total. The number of nitrogen functional groups attached to an aromatic ring is 1. The molecule has 0 unspecified atom stereocenters. The molecule has 0 saturated heterocycles. The van der Waals surface area contributed by atoms with Crippen molar-refractivity contribution >= 4 is 11.6 Å². The van der Waals surface area contributed by atoms with Gasteiger partial charge < -0.3 is 15.4 Å². The van der Waals surface area contributed by atoms with Crippen LogP contribution in [0.5, 0.6) is 5.75 Å². The molecule has 17 heavy (non-hydrogen) atoms. The van der Waals surface area contributed by atoms with Crippen LogP contribution >= 0.6 is 0 Å². The van der Waals surface area contributed by atoms with E-state index in [0.717, 1.165) is 12.8 Å². The van der Waals surface area contributed by atoms with Crippen LogP contribution < -0.4 is 10.5 Å². The Balaban J connectivity index is 2.75. The van der Waals surface area contributed by atoms with Crippen LogP contribution in [-0.4, -0.2) is 31.5 Å². The van der Waals surface area contributed by atoms with Crippen LogP contribution in [0.15, 0.2) is 18.2 Å². The van der Waals surface area contributed by atoms with Gasteiger partial charge in [0.15, 0.2) is 0 Å². The zero-order valence-electron chi connectivity index (χ0n) is 10.7. The quantitative estimate of drug-likeness (QED) is 0.629. The Morgan fingerprint density at radius 1 is 1.41 bits per heavy atom. The maximum atomic E-state index is 11.7. The highest BCUT2D eigenvalue weighted by molar-refractivity contribution is 5.95. The lowest BCUT2D eigenvalue weighted by Crippen LogP contribution is -2.21. The molecule has 0 aliphatic carbocycles. The van der Waals surface area contributed by atoms with E-state index in [2.05, 4.69) is 6.92 Å². The van der Waals surface area contributed by atoms with Gasteiger partial charge in [-0.2, -0.15) is 0 Å². The summed E-state index contributed by atoms with van der Waals surface area (Å²) in [4.78, 5) is 13.2. The van der Waals surface area contributed by atoms with E-state index in [1.807, 2.05) is 0 Å². The zero-order valence-corrected chi connectivity index (χ0v) is 10.7. The van der Waals surface area contributed by atoms with E-state index in [1.165, 1.54) is 4.90 Å². The Labute approximate surface area is 102 Å². The Hall–Kier alpha value is -1.71. The van der Waals surface area contributed by atoms with Crippen LogP contribution in [0, 0.1) is 0 Å². The fourth-order valence-corrected chi connectivity index (χ4v) is 1.40. The molecule has 0 aliphatic rings. The number of benzene rings is 1. The van der Waals surface area contributed by atoms with Crippen molar-refractivity contribution in [2.24, 2.45) is 0 Å². The molecule has 0 fully saturated rings. The van der Waals surface area contributed by atoms with Crippen molar-refractivity contribution < 1.29 is 9.53 Å². The summed E-state index contributed by atoms with van der Waals surface area (Å²) in [5, 5.41) is 0. The first kappa shape index (κ1) is 13.4. The minimum absolute atomic E-state index is 0.0585. The molecule has 1 rings (SSSR count). The van der Waals surface area contributed by atoms with Gasteiger partial charge in [-0.15, -0.1) is 0 Å². The van der Waals surface area contributed by atoms with Gasteiger partial charge in [0.05, 0.1) is 12.3 Å². The van der Waals surface area contributed by atoms with Crippen LogP contribution in [0.3, 0.4) is 0 Å². The standard InChI is InChI=1S/C13H20N2O2/c1-4-5-8-17-12-7-6-10(9-11(12)14)13(16)15(2)3/h6-7,9H,4-5,8,14H2,1-3H3. The third-order valence-corrected chi connectivity index (χ3v) is 2.42. The van der Waals surface area contributed by atoms with E-state index >= 15 is 0 Å². The third-order valence-electron chi connectivity index (χ3n) is 2.42. The molecule has 1 aromatic rings. The van der Waals surface area contributed by atoms with Gasteiger partial charge >= 0.3 is 0 Å². The lowest BCUT2D eigenvalue weighted by Gasteiger charge is -2.13. The van der Waals surface area contributed by atoms with Gasteiger partial charge in [-0.1, -0.05) is 13.3 Å². The predicted molar refractivity (Wildman–Crippen MR) is 69.3 cm³/mol. The summed E-state index contributed by atoms with van der Waals surface area (Å²) in [6.07, 6.45) is 2.08. The number of hydrogen-bond donors (Lipinski definition) is 1. The first-order valence-corrected chi connectivity index (χ1v) is 5.80. The van der Waals surface area contributed by atoms with Gasteiger partial charge in [0.2, 0.25) is 0 Å². The number of carbonyl (C=O) groups is 1. The number of nitrogens with zero attached hydrogens (tertiary/aromatic N) is 1. The minimum Gasteiger partial charge on any atom is -0.491 e. The average molecular weight is 236 g/mol. The molecule has 0 atom stereocenters. The normalized spacial score (nSPS) is 10.1. The van der Waals surface area contributed by atoms with Crippen molar-refractivity contribution in [3.05, 3.63) is 23.8 Å². The molecule has 1 aromatic carbocycles. The van der Waals surface area contributed by atoms with Crippen molar-refractivity contribution in [1.29, 1.82) is 0 Å². The van der Waals surface area contributed by atoms with E-state index in [-0.39, 0.29) is 5.91 Å². The monoisotopic (exact) mass is 236 g/mol. The highest BCUT2D eigenvalue weighted by Crippen LogP contribution is 2.23. The maximum Gasteiger partial charge on any atom is 0.253 e. The molecule has 0 saturated carbocycles. The van der Waals surface area contributed by atoms with Crippen LogP contribution in [0.1, 0.15) is 30.1 Å². The molecule has 4 nitrogen and oxygen atoms in total. The fraction of sp³-hybridized carbons (Fsp3) is 0.462. The second-order valence-electron chi connectivity index (χ2n) is 4.15. The topological polar surface area (TPSA) is 55.6 Å². The summed E-state index contributed by atoms with van der Waals surface area (Å²) < 4.78 is 5.52. The molecule has 0 bridgehead atoms. The number of unbranched alkanes of at least 4 members (excludes halogenated alkanes) is 1. The van der Waals surface area contributed by atoms with Crippen molar-refractivity contribution in [3.63, 3.8) is 0 Å². The smallest absolute Gasteiger partial charge is 0.253 e. The number of hydrogen-bond acceptors (Lipinski definition) is 3. The summed E-state index contributed by atoms with van der Waals surface area (Å²) in [7, 11) is 3.42. The SMILES string of the molecule is CCCCOc1ccc(C(=O)N(C)C)cc1N. The molecule has 4 heteroatoms. The molecule has 1 amide bonds. The second-order valence-corrected chi connectivity index (χ2v) is 4.15. The highest BCUT2D eigenvalue weighted by Gasteiger charge is 2.10. The Morgan fingerprint density at radius 2 is 2.12 bits per heavy atom. The summed E-state index contributed by atoms with van der Waals surface area (Å²) in [5.41, 5.74) is 6.93.